The van der Waals surface area contributed by atoms with Gasteiger partial charge < -0.3 is 4.74 Å². The van der Waals surface area contributed by atoms with E-state index in [1.54, 1.807) is 18.2 Å². The molecule has 1 radical (unpaired) electrons. The molecule has 0 aliphatic carbocycles. The predicted molar refractivity (Wildman–Crippen MR) is 36.9 cm³/mol. The van der Waals surface area contributed by atoms with Crippen molar-refractivity contribution >= 4 is 11.9 Å². The highest BCUT2D eigenvalue weighted by Gasteiger charge is 2.29. The van der Waals surface area contributed by atoms with E-state index in [0.717, 1.165) is 0 Å². The molecule has 2 rings (SSSR count). The average Bonchev–Trinajstić information content (AvgIpc) is 2.71. The van der Waals surface area contributed by atoms with Crippen LogP contribution >= 0.6 is 11.9 Å². The van der Waals surface area contributed by atoms with E-state index in [9.17, 15) is 0 Å². The van der Waals surface area contributed by atoms with Gasteiger partial charge >= 0.3 is 0 Å². The fraction of sp³-hybridized carbons (Fsp3) is 0.167. The number of nitrogens with zero attached hydrogens (tertiary/aromatic N) is 1. The maximum Gasteiger partial charge on any atom is 0.181 e. The van der Waals surface area contributed by atoms with E-state index in [1.807, 2.05) is 28.4 Å². The largest absolute Gasteiger partial charge is 0.478 e. The summed E-state index contributed by atoms with van der Waals surface area (Å²) in [5.74, 6) is 2.02. The molecule has 2 heterocycles. The Kier molecular flexibility index (Phi) is 1.24. The zero-order valence-electron chi connectivity index (χ0n) is 4.73. The molecule has 2 nitrogen and oxygen atoms in total. The lowest BCUT2D eigenvalue weighted by atomic mass is 10.4. The molecule has 2 atom stereocenters. The fourth-order valence-electron chi connectivity index (χ4n) is 0.668. The first-order valence-electron chi connectivity index (χ1n) is 2.74. The SMILES string of the molecule is [CH]1SN1C1C=CC=CO1. The Balaban J connectivity index is 1.98. The molecule has 9 heavy (non-hydrogen) atoms. The summed E-state index contributed by atoms with van der Waals surface area (Å²) in [5.41, 5.74) is 0. The Morgan fingerprint density at radius 3 is 2.89 bits per heavy atom. The molecule has 0 spiro atoms. The lowest BCUT2D eigenvalue weighted by Crippen LogP contribution is -2.15. The summed E-state index contributed by atoms with van der Waals surface area (Å²) < 4.78 is 7.25. The molecule has 0 aromatic heterocycles. The average molecular weight is 140 g/mol. The van der Waals surface area contributed by atoms with Crippen molar-refractivity contribution in [3.8, 4) is 0 Å². The molecule has 1 fully saturated rings. The first kappa shape index (κ1) is 5.38. The molecule has 2 unspecified atom stereocenters. The van der Waals surface area contributed by atoms with E-state index in [4.69, 9.17) is 4.74 Å². The van der Waals surface area contributed by atoms with Crippen molar-refractivity contribution in [2.75, 3.05) is 0 Å². The zero-order valence-corrected chi connectivity index (χ0v) is 5.54. The van der Waals surface area contributed by atoms with Crippen molar-refractivity contribution in [3.05, 3.63) is 30.4 Å². The summed E-state index contributed by atoms with van der Waals surface area (Å²) in [4.78, 5) is 0. The van der Waals surface area contributed by atoms with Crippen LogP contribution in [0.15, 0.2) is 24.5 Å². The Hall–Kier alpha value is -0.410. The molecule has 0 amide bonds. The second-order valence-corrected chi connectivity index (χ2v) is 2.65. The molecule has 2 aliphatic heterocycles. The van der Waals surface area contributed by atoms with Gasteiger partial charge in [-0.3, -0.25) is 0 Å². The molecule has 0 aromatic carbocycles. The summed E-state index contributed by atoms with van der Waals surface area (Å²) in [6.07, 6.45) is 7.72. The Morgan fingerprint density at radius 2 is 2.33 bits per heavy atom. The van der Waals surface area contributed by atoms with Crippen LogP contribution in [0.4, 0.5) is 0 Å². The molecule has 1 saturated heterocycles. The molecule has 2 aliphatic rings. The standard InChI is InChI=1S/C6H6NOS/c1-2-4-8-6(3-1)7-5-9-7/h1-6H. The van der Waals surface area contributed by atoms with Crippen LogP contribution in [0.25, 0.3) is 0 Å². The molecular formula is C6H6NOS. The lowest BCUT2D eigenvalue weighted by molar-refractivity contribution is 0.124. The first-order chi connectivity index (χ1) is 4.47. The molecule has 0 saturated carbocycles. The Bertz CT molecular complexity index is 162. The van der Waals surface area contributed by atoms with Gasteiger partial charge in [0.2, 0.25) is 0 Å². The van der Waals surface area contributed by atoms with Gasteiger partial charge in [0.05, 0.1) is 6.26 Å². The van der Waals surface area contributed by atoms with Gasteiger partial charge in [0, 0.05) is 0 Å². The second-order valence-electron chi connectivity index (χ2n) is 1.81. The fourth-order valence-corrected chi connectivity index (χ4v) is 1.08. The minimum atomic E-state index is 0.139. The van der Waals surface area contributed by atoms with E-state index in [1.165, 1.54) is 0 Å². The summed E-state index contributed by atoms with van der Waals surface area (Å²) in [7, 11) is 0. The minimum Gasteiger partial charge on any atom is -0.478 e. The van der Waals surface area contributed by atoms with Crippen LogP contribution < -0.4 is 0 Å². The molecule has 0 bridgehead atoms. The van der Waals surface area contributed by atoms with E-state index < -0.39 is 0 Å². The van der Waals surface area contributed by atoms with Crippen molar-refractivity contribution in [3.63, 3.8) is 0 Å². The van der Waals surface area contributed by atoms with Gasteiger partial charge in [0.15, 0.2) is 6.23 Å². The van der Waals surface area contributed by atoms with E-state index in [2.05, 4.69) is 0 Å². The van der Waals surface area contributed by atoms with Crippen molar-refractivity contribution < 1.29 is 4.74 Å². The van der Waals surface area contributed by atoms with E-state index >= 15 is 0 Å². The number of hydrogen-bond acceptors (Lipinski definition) is 3. The van der Waals surface area contributed by atoms with Crippen molar-refractivity contribution in [1.29, 1.82) is 0 Å². The number of hydrogen-bond donors (Lipinski definition) is 0. The molecule has 0 aromatic rings. The van der Waals surface area contributed by atoms with Gasteiger partial charge in [-0.05, 0) is 12.2 Å². The Morgan fingerprint density at radius 1 is 1.44 bits per heavy atom. The highest BCUT2D eigenvalue weighted by Crippen LogP contribution is 2.38. The molecular weight excluding hydrogens is 134 g/mol. The van der Waals surface area contributed by atoms with Gasteiger partial charge in [-0.1, -0.05) is 18.0 Å². The van der Waals surface area contributed by atoms with Crippen molar-refractivity contribution in [2.45, 2.75) is 6.23 Å². The van der Waals surface area contributed by atoms with Gasteiger partial charge in [0.25, 0.3) is 0 Å². The highest BCUT2D eigenvalue weighted by atomic mass is 32.2. The van der Waals surface area contributed by atoms with Gasteiger partial charge in [-0.2, -0.15) is 4.31 Å². The Labute approximate surface area is 58.3 Å². The van der Waals surface area contributed by atoms with Crippen LogP contribution in [0.5, 0.6) is 0 Å². The third-order valence-corrected chi connectivity index (χ3v) is 1.82. The van der Waals surface area contributed by atoms with E-state index in [0.29, 0.717) is 0 Å². The normalized spacial score (nSPS) is 38.2. The third kappa shape index (κ3) is 1.11. The molecule has 3 heteroatoms. The van der Waals surface area contributed by atoms with Crippen molar-refractivity contribution in [2.24, 2.45) is 0 Å². The van der Waals surface area contributed by atoms with Crippen molar-refractivity contribution in [1.82, 2.24) is 4.31 Å². The van der Waals surface area contributed by atoms with E-state index in [-0.39, 0.29) is 6.23 Å². The van der Waals surface area contributed by atoms with Crippen LogP contribution in [0, 0.1) is 5.88 Å². The van der Waals surface area contributed by atoms with Gasteiger partial charge in [-0.15, -0.1) is 0 Å². The quantitative estimate of drug-likeness (QED) is 0.404. The van der Waals surface area contributed by atoms with Crippen LogP contribution in [-0.4, -0.2) is 10.5 Å². The minimum absolute atomic E-state index is 0.139. The second kappa shape index (κ2) is 2.08. The smallest absolute Gasteiger partial charge is 0.181 e. The molecule has 0 N–H and O–H groups in total. The first-order valence-corrected chi connectivity index (χ1v) is 3.58. The van der Waals surface area contributed by atoms with Crippen LogP contribution in [0.3, 0.4) is 0 Å². The summed E-state index contributed by atoms with van der Waals surface area (Å²) in [5, 5.41) is 0. The maximum atomic E-state index is 5.21. The van der Waals surface area contributed by atoms with Crippen LogP contribution in [0.2, 0.25) is 0 Å². The monoisotopic (exact) mass is 140 g/mol. The summed E-state index contributed by atoms with van der Waals surface area (Å²) in [6.45, 7) is 0. The number of rotatable bonds is 1. The summed E-state index contributed by atoms with van der Waals surface area (Å²) >= 11 is 1.67. The molecule has 47 valence electrons. The zero-order chi connectivity index (χ0) is 6.10. The number of ether oxygens (including phenoxy) is 1. The lowest BCUT2D eigenvalue weighted by Gasteiger charge is -2.13. The maximum absolute atomic E-state index is 5.21. The topological polar surface area (TPSA) is 12.2 Å². The van der Waals surface area contributed by atoms with Crippen LogP contribution in [-0.2, 0) is 4.74 Å². The highest BCUT2D eigenvalue weighted by molar-refractivity contribution is 8.05. The van der Waals surface area contributed by atoms with Gasteiger partial charge in [-0.25, -0.2) is 0 Å². The third-order valence-electron chi connectivity index (χ3n) is 1.16. The predicted octanol–water partition coefficient (Wildman–Crippen LogP) is 1.50. The van der Waals surface area contributed by atoms with Gasteiger partial charge in [0.1, 0.15) is 5.88 Å². The summed E-state index contributed by atoms with van der Waals surface area (Å²) in [6, 6.07) is 0. The number of allylic oxidation sites excluding steroid dienone is 2. The van der Waals surface area contributed by atoms with Crippen LogP contribution in [0.1, 0.15) is 0 Å².